The van der Waals surface area contributed by atoms with Crippen LogP contribution in [-0.2, 0) is 10.2 Å². The first-order valence-electron chi connectivity index (χ1n) is 7.55. The zero-order valence-corrected chi connectivity index (χ0v) is 13.3. The number of piperidine rings is 1. The van der Waals surface area contributed by atoms with E-state index in [2.05, 4.69) is 4.90 Å². The molecule has 0 aromatic heterocycles. The summed E-state index contributed by atoms with van der Waals surface area (Å²) in [6, 6.07) is 0.395. The molecule has 2 heterocycles. The molecule has 20 heavy (non-hydrogen) atoms. The van der Waals surface area contributed by atoms with E-state index in [0.717, 1.165) is 19.5 Å². The van der Waals surface area contributed by atoms with Crippen molar-refractivity contribution in [3.8, 4) is 0 Å². The Kier molecular flexibility index (Phi) is 5.42. The highest BCUT2D eigenvalue weighted by molar-refractivity contribution is 7.86. The van der Waals surface area contributed by atoms with Crippen LogP contribution in [0.15, 0.2) is 0 Å². The number of piperazine rings is 1. The third-order valence-electron chi connectivity index (χ3n) is 4.45. The van der Waals surface area contributed by atoms with E-state index in [1.807, 2.05) is 6.92 Å². The second kappa shape index (κ2) is 6.70. The maximum Gasteiger partial charge on any atom is 0.282 e. The fourth-order valence-electron chi connectivity index (χ4n) is 3.23. The highest BCUT2D eigenvalue weighted by atomic mass is 32.2. The second-order valence-corrected chi connectivity index (χ2v) is 7.96. The van der Waals surface area contributed by atoms with E-state index in [-0.39, 0.29) is 12.6 Å². The van der Waals surface area contributed by atoms with Crippen LogP contribution < -0.4 is 0 Å². The fourth-order valence-corrected chi connectivity index (χ4v) is 4.83. The molecular formula is C13H27N3O3S. The Hall–Kier alpha value is -0.210. The highest BCUT2D eigenvalue weighted by Crippen LogP contribution is 2.26. The molecule has 2 fully saturated rings. The molecule has 7 heteroatoms. The third kappa shape index (κ3) is 3.33. The summed E-state index contributed by atoms with van der Waals surface area (Å²) in [5, 5.41) is 8.86. The Morgan fingerprint density at radius 3 is 2.75 bits per heavy atom. The molecule has 1 N–H and O–H groups in total. The van der Waals surface area contributed by atoms with Crippen molar-refractivity contribution in [2.75, 3.05) is 39.8 Å². The van der Waals surface area contributed by atoms with E-state index in [1.54, 1.807) is 11.4 Å². The summed E-state index contributed by atoms with van der Waals surface area (Å²) in [5.74, 6) is 0. The largest absolute Gasteiger partial charge is 0.396 e. The van der Waals surface area contributed by atoms with Gasteiger partial charge in [0.2, 0.25) is 0 Å². The first-order valence-corrected chi connectivity index (χ1v) is 8.94. The average Bonchev–Trinajstić information content (AvgIpc) is 2.43. The van der Waals surface area contributed by atoms with Crippen LogP contribution in [0.2, 0.25) is 0 Å². The highest BCUT2D eigenvalue weighted by Gasteiger charge is 2.39. The van der Waals surface area contributed by atoms with Crippen molar-refractivity contribution in [2.24, 2.45) is 0 Å². The molecule has 0 radical (unpaired) electrons. The molecule has 2 atom stereocenters. The second-order valence-electron chi connectivity index (χ2n) is 5.97. The molecule has 0 bridgehead atoms. The number of aliphatic hydroxyl groups is 1. The predicted octanol–water partition coefficient (Wildman–Crippen LogP) is 0.104. The molecule has 0 spiro atoms. The molecule has 118 valence electrons. The zero-order chi connectivity index (χ0) is 14.8. The van der Waals surface area contributed by atoms with Crippen molar-refractivity contribution < 1.29 is 13.5 Å². The fraction of sp³-hybridized carbons (Fsp3) is 1.00. The van der Waals surface area contributed by atoms with Crippen LogP contribution in [0.5, 0.6) is 0 Å². The third-order valence-corrected chi connectivity index (χ3v) is 6.52. The number of hydrogen-bond donors (Lipinski definition) is 1. The van der Waals surface area contributed by atoms with Gasteiger partial charge in [-0.1, -0.05) is 6.42 Å². The summed E-state index contributed by atoms with van der Waals surface area (Å²) in [5.41, 5.74) is 0. The first kappa shape index (κ1) is 16.2. The number of nitrogens with zero attached hydrogens (tertiary/aromatic N) is 3. The Bertz CT molecular complexity index is 415. The lowest BCUT2D eigenvalue weighted by molar-refractivity contribution is 0.0536. The van der Waals surface area contributed by atoms with Gasteiger partial charge in [-0.25, -0.2) is 0 Å². The van der Waals surface area contributed by atoms with Gasteiger partial charge in [0.1, 0.15) is 0 Å². The molecule has 0 amide bonds. The number of hydrogen-bond acceptors (Lipinski definition) is 4. The lowest BCUT2D eigenvalue weighted by atomic mass is 9.99. The standard InChI is InChI=1S/C13H27N3O3S/c1-12-10-15-8-4-3-6-13(15)11-16(12)20(18,19)14(2)7-5-9-17/h12-13,17H,3-11H2,1-2H3. The monoisotopic (exact) mass is 305 g/mol. The van der Waals surface area contributed by atoms with E-state index < -0.39 is 10.2 Å². The summed E-state index contributed by atoms with van der Waals surface area (Å²) < 4.78 is 28.3. The molecule has 2 aliphatic rings. The van der Waals surface area contributed by atoms with Crippen molar-refractivity contribution in [3.05, 3.63) is 0 Å². The van der Waals surface area contributed by atoms with Gasteiger partial charge in [-0.2, -0.15) is 17.0 Å². The van der Waals surface area contributed by atoms with Gasteiger partial charge in [0, 0.05) is 45.4 Å². The molecule has 6 nitrogen and oxygen atoms in total. The van der Waals surface area contributed by atoms with Gasteiger partial charge in [0.15, 0.2) is 0 Å². The minimum absolute atomic E-state index is 0.0194. The van der Waals surface area contributed by atoms with Crippen LogP contribution in [0.25, 0.3) is 0 Å². The van der Waals surface area contributed by atoms with E-state index >= 15 is 0 Å². The number of aliphatic hydroxyl groups excluding tert-OH is 1. The molecular weight excluding hydrogens is 278 g/mol. The number of fused-ring (bicyclic) bond motifs is 1. The van der Waals surface area contributed by atoms with Crippen molar-refractivity contribution in [1.82, 2.24) is 13.5 Å². The van der Waals surface area contributed by atoms with Crippen LogP contribution in [0.1, 0.15) is 32.6 Å². The van der Waals surface area contributed by atoms with Gasteiger partial charge in [-0.3, -0.25) is 4.90 Å². The lowest BCUT2D eigenvalue weighted by Gasteiger charge is -2.47. The SMILES string of the molecule is CC1CN2CCCCC2CN1S(=O)(=O)N(C)CCCO. The summed E-state index contributed by atoms with van der Waals surface area (Å²) in [4.78, 5) is 2.44. The Morgan fingerprint density at radius 1 is 1.30 bits per heavy atom. The summed E-state index contributed by atoms with van der Waals surface area (Å²) >= 11 is 0. The summed E-state index contributed by atoms with van der Waals surface area (Å²) in [6.45, 7) is 4.92. The topological polar surface area (TPSA) is 64.1 Å². The molecule has 0 aliphatic carbocycles. The quantitative estimate of drug-likeness (QED) is 0.783. The van der Waals surface area contributed by atoms with Crippen molar-refractivity contribution in [1.29, 1.82) is 0 Å². The maximum atomic E-state index is 12.6. The maximum absolute atomic E-state index is 12.6. The minimum Gasteiger partial charge on any atom is -0.396 e. The van der Waals surface area contributed by atoms with Gasteiger partial charge >= 0.3 is 0 Å². The van der Waals surface area contributed by atoms with Crippen LogP contribution in [0.3, 0.4) is 0 Å². The van der Waals surface area contributed by atoms with E-state index in [4.69, 9.17) is 5.11 Å². The Balaban J connectivity index is 2.06. The first-order chi connectivity index (χ1) is 9.46. The van der Waals surface area contributed by atoms with Gasteiger partial charge in [0.25, 0.3) is 10.2 Å². The summed E-state index contributed by atoms with van der Waals surface area (Å²) in [6.07, 6.45) is 4.00. The van der Waals surface area contributed by atoms with Gasteiger partial charge in [0.05, 0.1) is 0 Å². The molecule has 0 aromatic rings. The molecule has 2 rings (SSSR count). The number of rotatable bonds is 5. The van der Waals surface area contributed by atoms with Crippen LogP contribution in [-0.4, -0.2) is 79.0 Å². The van der Waals surface area contributed by atoms with Crippen LogP contribution in [0.4, 0.5) is 0 Å². The normalized spacial score (nSPS) is 29.6. The summed E-state index contributed by atoms with van der Waals surface area (Å²) in [7, 11) is -1.80. The van der Waals surface area contributed by atoms with Crippen molar-refractivity contribution in [2.45, 2.75) is 44.7 Å². The predicted molar refractivity (Wildman–Crippen MR) is 78.6 cm³/mol. The van der Waals surface area contributed by atoms with E-state index in [9.17, 15) is 8.42 Å². The van der Waals surface area contributed by atoms with Crippen LogP contribution in [0, 0.1) is 0 Å². The lowest BCUT2D eigenvalue weighted by Crippen LogP contribution is -2.61. The molecule has 2 aliphatic heterocycles. The van der Waals surface area contributed by atoms with Crippen molar-refractivity contribution in [3.63, 3.8) is 0 Å². The molecule has 0 aromatic carbocycles. The van der Waals surface area contributed by atoms with Crippen LogP contribution >= 0.6 is 0 Å². The molecule has 2 saturated heterocycles. The van der Waals surface area contributed by atoms with E-state index in [1.165, 1.54) is 17.1 Å². The van der Waals surface area contributed by atoms with E-state index in [0.29, 0.717) is 25.6 Å². The smallest absolute Gasteiger partial charge is 0.282 e. The van der Waals surface area contributed by atoms with Gasteiger partial charge in [-0.15, -0.1) is 0 Å². The minimum atomic E-state index is -3.41. The molecule has 0 saturated carbocycles. The molecule has 2 unspecified atom stereocenters. The Morgan fingerprint density at radius 2 is 2.05 bits per heavy atom. The van der Waals surface area contributed by atoms with Gasteiger partial charge in [-0.05, 0) is 32.7 Å². The zero-order valence-electron chi connectivity index (χ0n) is 12.5. The Labute approximate surface area is 122 Å². The van der Waals surface area contributed by atoms with Gasteiger partial charge < -0.3 is 5.11 Å². The average molecular weight is 305 g/mol. The van der Waals surface area contributed by atoms with Crippen molar-refractivity contribution >= 4 is 10.2 Å².